The van der Waals surface area contributed by atoms with Gasteiger partial charge in [-0.1, -0.05) is 123 Å². The summed E-state index contributed by atoms with van der Waals surface area (Å²) in [5, 5.41) is 2.00. The first-order valence-electron chi connectivity index (χ1n) is 21.7. The molecule has 2 bridgehead atoms. The standard InChI is InChI=1S/C46H72O6Si3/c1-12-45(33-50-54(13-2,14-3)15-4)30-39(44(9)34(5)26-28-46(29-27-38(47)41(44)46)37-32-53(10,11)52-42(37)45)51-40(48)31-49-55(43(6,7)8,35-22-18-16-19-23-35)36-24-20-17-21-25-36/h16-25,34,37,39,41-42H,12-15,26-33H2,1-11H3/t34-,37+,39-,41?,42+,44+,45-,46+/m1/s1. The Morgan fingerprint density at radius 1 is 0.909 bits per heavy atom. The Bertz CT molecular complexity index is 1610. The summed E-state index contributed by atoms with van der Waals surface area (Å²) in [5.74, 6) is 0.426. The zero-order chi connectivity index (χ0) is 40.1. The van der Waals surface area contributed by atoms with Crippen LogP contribution in [0.15, 0.2) is 60.7 Å². The predicted molar refractivity (Wildman–Crippen MR) is 231 cm³/mol. The highest BCUT2D eigenvalue weighted by Crippen LogP contribution is 2.71. The maximum absolute atomic E-state index is 14.8. The normalized spacial score (nSPS) is 33.4. The molecule has 0 aromatic heterocycles. The zero-order valence-electron chi connectivity index (χ0n) is 36.1. The van der Waals surface area contributed by atoms with Gasteiger partial charge < -0.3 is 18.0 Å². The van der Waals surface area contributed by atoms with Gasteiger partial charge in [0, 0.05) is 29.8 Å². The first-order valence-corrected chi connectivity index (χ1v) is 29.3. The van der Waals surface area contributed by atoms with Gasteiger partial charge in [-0.2, -0.15) is 0 Å². The van der Waals surface area contributed by atoms with Crippen LogP contribution in [0.1, 0.15) is 101 Å². The minimum atomic E-state index is -2.99. The third kappa shape index (κ3) is 7.17. The molecule has 6 rings (SSSR count). The average molecular weight is 805 g/mol. The minimum Gasteiger partial charge on any atom is -0.460 e. The van der Waals surface area contributed by atoms with Crippen molar-refractivity contribution in [2.24, 2.45) is 34.0 Å². The fraction of sp³-hybridized carbons (Fsp3) is 0.696. The van der Waals surface area contributed by atoms with Crippen molar-refractivity contribution < 1.29 is 27.6 Å². The number of ether oxygens (including phenoxy) is 1. The smallest absolute Gasteiger partial charge is 0.331 e. The monoisotopic (exact) mass is 804 g/mol. The second-order valence-corrected chi connectivity index (χ2v) is 33.2. The molecule has 9 heteroatoms. The summed E-state index contributed by atoms with van der Waals surface area (Å²) in [6.07, 6.45) is 4.65. The van der Waals surface area contributed by atoms with Gasteiger partial charge in [0.1, 0.15) is 18.5 Å². The number of benzene rings is 2. The number of hydrogen-bond donors (Lipinski definition) is 0. The Morgan fingerprint density at radius 2 is 1.49 bits per heavy atom. The second-order valence-electron chi connectivity index (χ2n) is 19.9. The van der Waals surface area contributed by atoms with E-state index in [-0.39, 0.29) is 46.4 Å². The van der Waals surface area contributed by atoms with Crippen LogP contribution in [0.5, 0.6) is 0 Å². The molecule has 8 atom stereocenters. The molecule has 0 spiro atoms. The van der Waals surface area contributed by atoms with Gasteiger partial charge in [0.05, 0.1) is 6.10 Å². The minimum absolute atomic E-state index is 0.0163. The Hall–Kier alpha value is -1.89. The SMILES string of the molecule is CC[C@]1(CO[Si](CC)(CC)CC)C[C@@H](OC(=O)CO[Si](c2ccccc2)(c2ccccc2)C(C)(C)C)[C@@]2(C)C3C(=O)CC[C@@]3(CC[C@H]2C)[C@H]2C[Si](C)(C)O[C@@H]21. The largest absolute Gasteiger partial charge is 0.460 e. The molecule has 1 heterocycles. The lowest BCUT2D eigenvalue weighted by atomic mass is 9.43. The van der Waals surface area contributed by atoms with E-state index in [2.05, 4.69) is 124 Å². The van der Waals surface area contributed by atoms with E-state index >= 15 is 0 Å². The molecule has 4 aliphatic rings. The molecular formula is C46H72O6Si3. The summed E-state index contributed by atoms with van der Waals surface area (Å²) in [6.45, 7) is 25.8. The maximum Gasteiger partial charge on any atom is 0.331 e. The number of carbonyl (C=O) groups is 2. The maximum atomic E-state index is 14.8. The average Bonchev–Trinajstić information content (AvgIpc) is 3.70. The van der Waals surface area contributed by atoms with Crippen LogP contribution in [0.25, 0.3) is 0 Å². The van der Waals surface area contributed by atoms with E-state index in [1.54, 1.807) is 0 Å². The van der Waals surface area contributed by atoms with Gasteiger partial charge in [0.25, 0.3) is 8.32 Å². The van der Waals surface area contributed by atoms with Crippen LogP contribution in [0.4, 0.5) is 0 Å². The Labute approximate surface area is 336 Å². The van der Waals surface area contributed by atoms with E-state index in [1.165, 1.54) is 0 Å². The number of esters is 1. The fourth-order valence-corrected chi connectivity index (χ4v) is 22.5. The molecule has 1 saturated heterocycles. The van der Waals surface area contributed by atoms with Gasteiger partial charge in [-0.05, 0) is 102 Å². The lowest BCUT2D eigenvalue weighted by Gasteiger charge is -2.62. The molecular weight excluding hydrogens is 733 g/mol. The number of ketones is 1. The third-order valence-corrected chi connectivity index (χ3v) is 27.9. The van der Waals surface area contributed by atoms with Crippen molar-refractivity contribution in [2.75, 3.05) is 13.2 Å². The number of rotatable bonds is 13. The Morgan fingerprint density at radius 3 is 2.02 bits per heavy atom. The quantitative estimate of drug-likeness (QED) is 0.148. The molecule has 1 unspecified atom stereocenters. The number of hydrogen-bond acceptors (Lipinski definition) is 6. The van der Waals surface area contributed by atoms with Crippen molar-refractivity contribution in [2.45, 2.75) is 155 Å². The highest BCUT2D eigenvalue weighted by atomic mass is 28.4. The van der Waals surface area contributed by atoms with Gasteiger partial charge in [0.15, 0.2) is 16.6 Å². The summed E-state index contributed by atoms with van der Waals surface area (Å²) < 4.78 is 28.9. The summed E-state index contributed by atoms with van der Waals surface area (Å²) in [4.78, 5) is 29.2. The van der Waals surface area contributed by atoms with Gasteiger partial charge in [-0.15, -0.1) is 0 Å². The van der Waals surface area contributed by atoms with Crippen LogP contribution >= 0.6 is 0 Å². The molecule has 0 radical (unpaired) electrons. The molecule has 55 heavy (non-hydrogen) atoms. The van der Waals surface area contributed by atoms with Crippen LogP contribution < -0.4 is 10.4 Å². The van der Waals surface area contributed by atoms with E-state index in [1.807, 2.05) is 12.1 Å². The lowest BCUT2D eigenvalue weighted by Crippen LogP contribution is -2.67. The van der Waals surface area contributed by atoms with E-state index < -0.39 is 36.5 Å². The molecule has 2 aromatic rings. The lowest BCUT2D eigenvalue weighted by molar-refractivity contribution is -0.211. The summed E-state index contributed by atoms with van der Waals surface area (Å²) >= 11 is 0. The van der Waals surface area contributed by atoms with E-state index in [9.17, 15) is 9.59 Å². The van der Waals surface area contributed by atoms with Crippen molar-refractivity contribution in [1.82, 2.24) is 0 Å². The van der Waals surface area contributed by atoms with Crippen LogP contribution in [0.2, 0.25) is 42.3 Å². The highest BCUT2D eigenvalue weighted by molar-refractivity contribution is 6.99. The fourth-order valence-electron chi connectivity index (χ4n) is 12.5. The summed E-state index contributed by atoms with van der Waals surface area (Å²) in [7, 11) is -7.00. The first kappa shape index (κ1) is 42.7. The van der Waals surface area contributed by atoms with Crippen molar-refractivity contribution >= 4 is 47.1 Å². The van der Waals surface area contributed by atoms with Crippen LogP contribution in [0, 0.1) is 34.0 Å². The molecule has 0 N–H and O–H groups in total. The predicted octanol–water partition coefficient (Wildman–Crippen LogP) is 9.92. The summed E-state index contributed by atoms with van der Waals surface area (Å²) in [5.41, 5.74) is -0.988. The van der Waals surface area contributed by atoms with Crippen molar-refractivity contribution in [1.29, 1.82) is 0 Å². The first-order chi connectivity index (χ1) is 25.9. The van der Waals surface area contributed by atoms with Gasteiger partial charge >= 0.3 is 5.97 Å². The van der Waals surface area contributed by atoms with Crippen LogP contribution in [-0.4, -0.2) is 62.1 Å². The van der Waals surface area contributed by atoms with Crippen molar-refractivity contribution in [3.63, 3.8) is 0 Å². The molecule has 1 aliphatic heterocycles. The highest BCUT2D eigenvalue weighted by Gasteiger charge is 2.72. The molecule has 3 aliphatic carbocycles. The van der Waals surface area contributed by atoms with Gasteiger partial charge in [0.2, 0.25) is 0 Å². The van der Waals surface area contributed by atoms with Gasteiger partial charge in [-0.25, -0.2) is 4.79 Å². The van der Waals surface area contributed by atoms with Crippen molar-refractivity contribution in [3.8, 4) is 0 Å². The van der Waals surface area contributed by atoms with Crippen molar-refractivity contribution in [3.05, 3.63) is 60.7 Å². The van der Waals surface area contributed by atoms with E-state index in [0.29, 0.717) is 31.1 Å². The molecule has 0 amide bonds. The second kappa shape index (κ2) is 15.7. The third-order valence-electron chi connectivity index (χ3n) is 16.0. The van der Waals surface area contributed by atoms with Crippen LogP contribution in [-0.2, 0) is 27.6 Å². The van der Waals surface area contributed by atoms with Gasteiger partial charge in [-0.3, -0.25) is 4.79 Å². The topological polar surface area (TPSA) is 71.1 Å². The van der Waals surface area contributed by atoms with E-state index in [4.69, 9.17) is 18.0 Å². The van der Waals surface area contributed by atoms with E-state index in [0.717, 1.165) is 60.2 Å². The number of fused-ring (bicyclic) bond motifs is 1. The zero-order valence-corrected chi connectivity index (χ0v) is 39.1. The molecule has 304 valence electrons. The Balaban J connectivity index is 1.44. The number of Topliss-reactive ketones (excluding diaryl/α,β-unsaturated/α-hetero) is 1. The van der Waals surface area contributed by atoms with Crippen LogP contribution in [0.3, 0.4) is 0 Å². The molecule has 4 fully saturated rings. The summed E-state index contributed by atoms with van der Waals surface area (Å²) in [6, 6.07) is 25.3. The Kier molecular flexibility index (Phi) is 12.2. The number of carbonyl (C=O) groups excluding carboxylic acids is 2. The molecule has 2 aromatic carbocycles. The molecule has 6 nitrogen and oxygen atoms in total. The molecule has 3 saturated carbocycles.